The molecule has 3 aromatic rings. The van der Waals surface area contributed by atoms with Gasteiger partial charge in [0, 0.05) is 23.6 Å². The molecule has 1 aromatic heterocycles. The first-order valence-corrected chi connectivity index (χ1v) is 13.9. The number of anilines is 1. The number of aromatic hydroxyl groups is 1. The van der Waals surface area contributed by atoms with Crippen LogP contribution in [-0.2, 0) is 22.9 Å². The minimum atomic E-state index is -3.87. The fourth-order valence-electron chi connectivity index (χ4n) is 5.12. The molecule has 1 heterocycles. The Labute approximate surface area is 267 Å². The molecule has 1 unspecified atom stereocenters. The van der Waals surface area contributed by atoms with Crippen molar-refractivity contribution in [3.05, 3.63) is 87.0 Å². The van der Waals surface area contributed by atoms with E-state index >= 15 is 0 Å². The van der Waals surface area contributed by atoms with Gasteiger partial charge in [-0.15, -0.1) is 0 Å². The molecule has 1 saturated carbocycles. The molecule has 1 atom stereocenters. The zero-order valence-electron chi connectivity index (χ0n) is 19.9. The van der Waals surface area contributed by atoms with E-state index in [9.17, 15) is 18.3 Å². The van der Waals surface area contributed by atoms with Gasteiger partial charge in [0.2, 0.25) is 0 Å². The first kappa shape index (κ1) is 31.0. The van der Waals surface area contributed by atoms with E-state index in [4.69, 9.17) is 9.68 Å². The Bertz CT molecular complexity index is 1490. The topological polar surface area (TPSA) is 120 Å². The summed E-state index contributed by atoms with van der Waals surface area (Å²) in [7, 11) is -3.87. The third kappa shape index (κ3) is 6.76. The van der Waals surface area contributed by atoms with Gasteiger partial charge in [0.05, 0.1) is 22.1 Å². The van der Waals surface area contributed by atoms with Crippen LogP contribution in [-0.4, -0.2) is 72.6 Å². The Kier molecular flexibility index (Phi) is 10.7. The molecule has 10 heteroatoms. The average molecular weight is 553 g/mol. The van der Waals surface area contributed by atoms with Crippen molar-refractivity contribution in [2.24, 2.45) is 5.92 Å². The van der Waals surface area contributed by atoms with Gasteiger partial charge in [-0.2, -0.15) is 5.26 Å². The predicted octanol–water partition coefficient (Wildman–Crippen LogP) is 3.92. The van der Waals surface area contributed by atoms with Gasteiger partial charge in [-0.1, -0.05) is 25.0 Å². The molecule has 0 spiro atoms. The number of nitrogens with zero attached hydrogens (tertiary/aromatic N) is 1. The molecule has 38 heavy (non-hydrogen) atoms. The second-order valence-corrected chi connectivity index (χ2v) is 11.3. The summed E-state index contributed by atoms with van der Waals surface area (Å²) in [5.41, 5.74) is 2.01. The quantitative estimate of drug-likeness (QED) is 0.448. The second-order valence-electron chi connectivity index (χ2n) is 9.65. The summed E-state index contributed by atoms with van der Waals surface area (Å²) >= 11 is 0. The van der Waals surface area contributed by atoms with Gasteiger partial charge >= 0.3 is 64.7 Å². The summed E-state index contributed by atoms with van der Waals surface area (Å²) in [6, 6.07) is 14.6. The zero-order chi connectivity index (χ0) is 25.3. The van der Waals surface area contributed by atoms with E-state index in [0.717, 1.165) is 49.7 Å². The molecule has 190 valence electrons. The van der Waals surface area contributed by atoms with Gasteiger partial charge in [0.15, 0.2) is 0 Å². The summed E-state index contributed by atoms with van der Waals surface area (Å²) in [4.78, 5) is 13.2. The average Bonchev–Trinajstić information content (AvgIpc) is 3.68. The molecule has 0 amide bonds. The van der Waals surface area contributed by atoms with Gasteiger partial charge in [-0.3, -0.25) is 4.72 Å². The van der Waals surface area contributed by atoms with Crippen molar-refractivity contribution in [1.29, 1.82) is 5.26 Å². The molecule has 0 aliphatic heterocycles. The van der Waals surface area contributed by atoms with Crippen LogP contribution in [0.3, 0.4) is 0 Å². The molecular formula is C28H30N2Na2O5S. The first-order valence-electron chi connectivity index (χ1n) is 12.4. The Balaban J connectivity index is 0.00000200. The predicted molar refractivity (Wildman–Crippen MR) is 150 cm³/mol. The summed E-state index contributed by atoms with van der Waals surface area (Å²) in [6.45, 7) is 0. The maximum absolute atomic E-state index is 13.1. The van der Waals surface area contributed by atoms with Crippen LogP contribution in [0, 0.1) is 17.2 Å². The number of sulfonamides is 1. The second kappa shape index (κ2) is 13.2. The van der Waals surface area contributed by atoms with Gasteiger partial charge in [-0.05, 0) is 80.0 Å². The number of aryl methyl sites for hydroxylation is 1. The molecule has 5 rings (SSSR count). The van der Waals surface area contributed by atoms with E-state index in [0.29, 0.717) is 29.9 Å². The van der Waals surface area contributed by atoms with Gasteiger partial charge in [0.1, 0.15) is 11.5 Å². The molecular weight excluding hydrogens is 522 g/mol. The third-order valence-electron chi connectivity index (χ3n) is 7.09. The monoisotopic (exact) mass is 552 g/mol. The minimum absolute atomic E-state index is 0. The number of hydrogen-bond acceptors (Lipinski definition) is 6. The van der Waals surface area contributed by atoms with Gasteiger partial charge in [0.25, 0.3) is 10.0 Å². The Morgan fingerprint density at radius 2 is 1.68 bits per heavy atom. The number of nitrogens with one attached hydrogen (secondary N) is 1. The van der Waals surface area contributed by atoms with E-state index in [1.165, 1.54) is 24.3 Å². The molecule has 7 nitrogen and oxygen atoms in total. The number of hydrogen-bond donors (Lipinski definition) is 2. The van der Waals surface area contributed by atoms with E-state index in [1.54, 1.807) is 18.2 Å². The van der Waals surface area contributed by atoms with Crippen LogP contribution in [0.5, 0.6) is 5.75 Å². The normalized spacial score (nSPS) is 15.9. The van der Waals surface area contributed by atoms with Crippen LogP contribution >= 0.6 is 0 Å². The van der Waals surface area contributed by atoms with E-state index in [2.05, 4.69) is 4.72 Å². The number of nitriles is 1. The Morgan fingerprint density at radius 1 is 1.00 bits per heavy atom. The molecule has 0 bridgehead atoms. The number of rotatable bonds is 6. The summed E-state index contributed by atoms with van der Waals surface area (Å²) < 4.78 is 34.2. The number of fused-ring (bicyclic) bond motifs is 1. The van der Waals surface area contributed by atoms with Crippen molar-refractivity contribution in [3.8, 4) is 11.8 Å². The Hall–Kier alpha value is -1.57. The third-order valence-corrected chi connectivity index (χ3v) is 8.49. The molecule has 2 aliphatic rings. The van der Waals surface area contributed by atoms with Gasteiger partial charge < -0.3 is 9.52 Å². The van der Waals surface area contributed by atoms with Crippen LogP contribution < -0.4 is 10.3 Å². The van der Waals surface area contributed by atoms with Crippen molar-refractivity contribution in [1.82, 2.24) is 0 Å². The van der Waals surface area contributed by atoms with Crippen molar-refractivity contribution < 1.29 is 17.9 Å². The Morgan fingerprint density at radius 3 is 2.34 bits per heavy atom. The molecule has 2 aliphatic carbocycles. The molecule has 0 radical (unpaired) electrons. The van der Waals surface area contributed by atoms with Crippen molar-refractivity contribution >= 4 is 74.8 Å². The van der Waals surface area contributed by atoms with E-state index < -0.39 is 15.6 Å². The molecule has 2 N–H and O–H groups in total. The van der Waals surface area contributed by atoms with Crippen LogP contribution in [0.1, 0.15) is 72.5 Å². The molecule has 1 fully saturated rings. The summed E-state index contributed by atoms with van der Waals surface area (Å²) in [5, 5.41) is 20.3. The van der Waals surface area contributed by atoms with E-state index in [1.807, 2.05) is 12.1 Å². The SMILES string of the molecule is N#Cc1ccc(S(=O)(=O)Nc2cccc(C(c3c(O)c4c(oc3=O)CCCCCC4)C3CC3)c2)cc1.[NaH].[NaH]. The standard InChI is InChI=1S/C28H28N2O5S.2Na.2H/c29-17-18-10-14-22(15-11-18)36(33,34)30-21-7-5-6-20(16-21)25(19-12-13-19)26-27(31)23-8-3-1-2-4-9-24(23)35-28(26)32;;;;/h5-7,10-11,14-16,19,25,30-31H,1-4,8-9,12-13H2;;;;. The van der Waals surface area contributed by atoms with Crippen molar-refractivity contribution in [2.75, 3.05) is 4.72 Å². The van der Waals surface area contributed by atoms with Crippen molar-refractivity contribution in [3.63, 3.8) is 0 Å². The van der Waals surface area contributed by atoms with E-state index in [-0.39, 0.29) is 87.2 Å². The summed E-state index contributed by atoms with van der Waals surface area (Å²) in [6.07, 6.45) is 7.21. The fraction of sp³-hybridized carbons (Fsp3) is 0.357. The van der Waals surface area contributed by atoms with Crippen LogP contribution in [0.15, 0.2) is 62.6 Å². The number of benzene rings is 2. The maximum atomic E-state index is 13.1. The van der Waals surface area contributed by atoms with Gasteiger partial charge in [-0.25, -0.2) is 13.2 Å². The fourth-order valence-corrected chi connectivity index (χ4v) is 6.17. The zero-order valence-corrected chi connectivity index (χ0v) is 20.7. The summed E-state index contributed by atoms with van der Waals surface area (Å²) in [5.74, 6) is 0.440. The molecule has 0 saturated heterocycles. The first-order chi connectivity index (χ1) is 17.4. The van der Waals surface area contributed by atoms with Crippen molar-refractivity contribution in [2.45, 2.75) is 62.2 Å². The molecule has 2 aromatic carbocycles. The van der Waals surface area contributed by atoms with Crippen LogP contribution in [0.4, 0.5) is 5.69 Å². The van der Waals surface area contributed by atoms with Crippen LogP contribution in [0.25, 0.3) is 0 Å². The van der Waals surface area contributed by atoms with Crippen LogP contribution in [0.2, 0.25) is 0 Å².